The molecule has 0 radical (unpaired) electrons. The molecule has 1 unspecified atom stereocenters. The van der Waals surface area contributed by atoms with Gasteiger partial charge in [-0.25, -0.2) is 0 Å². The Balaban J connectivity index is 2.17. The standard InChI is InChI=1S/C18H22BrNO/c1-4-15(20)10-14-6-8-18(16(19)11-14)21-17-7-5-12(2)9-13(17)3/h5-9,11,15H,4,10,20H2,1-3H3. The van der Waals surface area contributed by atoms with Crippen LogP contribution in [-0.4, -0.2) is 6.04 Å². The summed E-state index contributed by atoms with van der Waals surface area (Å²) < 4.78 is 6.96. The number of aryl methyl sites for hydroxylation is 2. The van der Waals surface area contributed by atoms with Crippen LogP contribution in [-0.2, 0) is 6.42 Å². The molecule has 2 N–H and O–H groups in total. The van der Waals surface area contributed by atoms with Crippen molar-refractivity contribution in [3.63, 3.8) is 0 Å². The Morgan fingerprint density at radius 1 is 1.10 bits per heavy atom. The van der Waals surface area contributed by atoms with Gasteiger partial charge in [-0.2, -0.15) is 0 Å². The van der Waals surface area contributed by atoms with Crippen molar-refractivity contribution in [2.75, 3.05) is 0 Å². The highest BCUT2D eigenvalue weighted by molar-refractivity contribution is 9.10. The number of benzene rings is 2. The highest BCUT2D eigenvalue weighted by Crippen LogP contribution is 2.32. The molecule has 0 aliphatic heterocycles. The molecular weight excluding hydrogens is 326 g/mol. The zero-order chi connectivity index (χ0) is 15.4. The molecule has 0 saturated carbocycles. The largest absolute Gasteiger partial charge is 0.456 e. The lowest BCUT2D eigenvalue weighted by atomic mass is 10.0. The molecule has 0 aliphatic carbocycles. The first-order valence-corrected chi connectivity index (χ1v) is 8.08. The Morgan fingerprint density at radius 3 is 2.43 bits per heavy atom. The highest BCUT2D eigenvalue weighted by atomic mass is 79.9. The first kappa shape index (κ1) is 16.1. The number of hydrogen-bond donors (Lipinski definition) is 1. The molecule has 0 bridgehead atoms. The first-order valence-electron chi connectivity index (χ1n) is 7.28. The van der Waals surface area contributed by atoms with Crippen LogP contribution >= 0.6 is 15.9 Å². The van der Waals surface area contributed by atoms with E-state index in [1.54, 1.807) is 0 Å². The lowest BCUT2D eigenvalue weighted by Gasteiger charge is -2.13. The Hall–Kier alpha value is -1.32. The van der Waals surface area contributed by atoms with Crippen molar-refractivity contribution in [2.45, 2.75) is 39.7 Å². The summed E-state index contributed by atoms with van der Waals surface area (Å²) in [4.78, 5) is 0. The molecule has 2 rings (SSSR count). The van der Waals surface area contributed by atoms with Crippen LogP contribution in [0.1, 0.15) is 30.0 Å². The fourth-order valence-electron chi connectivity index (χ4n) is 2.23. The molecule has 21 heavy (non-hydrogen) atoms. The summed E-state index contributed by atoms with van der Waals surface area (Å²) >= 11 is 3.59. The second kappa shape index (κ2) is 7.10. The van der Waals surface area contributed by atoms with Crippen LogP contribution in [0.5, 0.6) is 11.5 Å². The van der Waals surface area contributed by atoms with Crippen molar-refractivity contribution in [3.8, 4) is 11.5 Å². The molecule has 3 heteroatoms. The Bertz CT molecular complexity index is 625. The third-order valence-electron chi connectivity index (χ3n) is 3.57. The maximum Gasteiger partial charge on any atom is 0.141 e. The quantitative estimate of drug-likeness (QED) is 0.812. The van der Waals surface area contributed by atoms with E-state index >= 15 is 0 Å². The minimum Gasteiger partial charge on any atom is -0.456 e. The average molecular weight is 348 g/mol. The molecule has 2 aromatic rings. The van der Waals surface area contributed by atoms with Crippen LogP contribution in [0.25, 0.3) is 0 Å². The van der Waals surface area contributed by atoms with Gasteiger partial charge in [0.15, 0.2) is 0 Å². The van der Waals surface area contributed by atoms with Crippen molar-refractivity contribution in [3.05, 3.63) is 57.6 Å². The molecular formula is C18H22BrNO. The molecule has 0 spiro atoms. The van der Waals surface area contributed by atoms with E-state index in [2.05, 4.69) is 61.0 Å². The average Bonchev–Trinajstić information content (AvgIpc) is 2.44. The maximum absolute atomic E-state index is 6.00. The van der Waals surface area contributed by atoms with Crippen molar-refractivity contribution < 1.29 is 4.74 Å². The summed E-state index contributed by atoms with van der Waals surface area (Å²) in [5, 5.41) is 0. The zero-order valence-corrected chi connectivity index (χ0v) is 14.4. The van der Waals surface area contributed by atoms with E-state index in [4.69, 9.17) is 10.5 Å². The summed E-state index contributed by atoms with van der Waals surface area (Å²) in [6, 6.07) is 12.6. The first-order chi connectivity index (χ1) is 9.99. The number of nitrogens with two attached hydrogens (primary N) is 1. The highest BCUT2D eigenvalue weighted by Gasteiger charge is 2.08. The van der Waals surface area contributed by atoms with E-state index in [1.165, 1.54) is 11.1 Å². The van der Waals surface area contributed by atoms with E-state index in [0.29, 0.717) is 0 Å². The van der Waals surface area contributed by atoms with E-state index < -0.39 is 0 Å². The molecule has 0 heterocycles. The zero-order valence-electron chi connectivity index (χ0n) is 12.8. The Labute approximate surface area is 135 Å². The summed E-state index contributed by atoms with van der Waals surface area (Å²) in [6.45, 7) is 6.25. The van der Waals surface area contributed by atoms with Gasteiger partial charge in [-0.15, -0.1) is 0 Å². The number of hydrogen-bond acceptors (Lipinski definition) is 2. The van der Waals surface area contributed by atoms with Gasteiger partial charge in [0, 0.05) is 6.04 Å². The van der Waals surface area contributed by atoms with Crippen LogP contribution in [0, 0.1) is 13.8 Å². The van der Waals surface area contributed by atoms with E-state index in [-0.39, 0.29) is 6.04 Å². The second-order valence-electron chi connectivity index (χ2n) is 5.51. The molecule has 0 amide bonds. The summed E-state index contributed by atoms with van der Waals surface area (Å²) in [6.07, 6.45) is 1.87. The summed E-state index contributed by atoms with van der Waals surface area (Å²) in [7, 11) is 0. The van der Waals surface area contributed by atoms with Crippen LogP contribution in [0.3, 0.4) is 0 Å². The lowest BCUT2D eigenvalue weighted by molar-refractivity contribution is 0.475. The van der Waals surface area contributed by atoms with Crippen molar-refractivity contribution in [2.24, 2.45) is 5.73 Å². The molecule has 0 fully saturated rings. The molecule has 0 saturated heterocycles. The maximum atomic E-state index is 6.00. The summed E-state index contributed by atoms with van der Waals surface area (Å²) in [5.41, 5.74) is 9.61. The molecule has 0 aromatic heterocycles. The minimum absolute atomic E-state index is 0.211. The monoisotopic (exact) mass is 347 g/mol. The van der Waals surface area contributed by atoms with Gasteiger partial charge in [-0.1, -0.05) is 30.7 Å². The van der Waals surface area contributed by atoms with Gasteiger partial charge in [0.1, 0.15) is 11.5 Å². The summed E-state index contributed by atoms with van der Waals surface area (Å²) in [5.74, 6) is 1.72. The van der Waals surface area contributed by atoms with E-state index in [1.807, 2.05) is 12.1 Å². The van der Waals surface area contributed by atoms with Gasteiger partial charge >= 0.3 is 0 Å². The van der Waals surface area contributed by atoms with Crippen molar-refractivity contribution >= 4 is 15.9 Å². The van der Waals surface area contributed by atoms with Crippen LogP contribution in [0.15, 0.2) is 40.9 Å². The molecule has 1 atom stereocenters. The molecule has 2 nitrogen and oxygen atoms in total. The fourth-order valence-corrected chi connectivity index (χ4v) is 2.74. The molecule has 2 aromatic carbocycles. The molecule has 0 aliphatic rings. The van der Waals surface area contributed by atoms with Gasteiger partial charge in [0.2, 0.25) is 0 Å². The van der Waals surface area contributed by atoms with Gasteiger partial charge in [-0.3, -0.25) is 0 Å². The lowest BCUT2D eigenvalue weighted by Crippen LogP contribution is -2.21. The third kappa shape index (κ3) is 4.32. The predicted molar refractivity (Wildman–Crippen MR) is 92.1 cm³/mol. The SMILES string of the molecule is CCC(N)Cc1ccc(Oc2ccc(C)cc2C)c(Br)c1. The number of ether oxygens (including phenoxy) is 1. The van der Waals surface area contributed by atoms with Gasteiger partial charge < -0.3 is 10.5 Å². The fraction of sp³-hybridized carbons (Fsp3) is 0.333. The van der Waals surface area contributed by atoms with E-state index in [9.17, 15) is 0 Å². The second-order valence-corrected chi connectivity index (χ2v) is 6.36. The Kier molecular flexibility index (Phi) is 5.43. The van der Waals surface area contributed by atoms with E-state index in [0.717, 1.165) is 34.4 Å². The van der Waals surface area contributed by atoms with Crippen LogP contribution in [0.2, 0.25) is 0 Å². The van der Waals surface area contributed by atoms with Crippen molar-refractivity contribution in [1.29, 1.82) is 0 Å². The number of rotatable bonds is 5. The minimum atomic E-state index is 0.211. The van der Waals surface area contributed by atoms with Crippen LogP contribution in [0.4, 0.5) is 0 Å². The smallest absolute Gasteiger partial charge is 0.141 e. The number of halogens is 1. The van der Waals surface area contributed by atoms with Crippen LogP contribution < -0.4 is 10.5 Å². The predicted octanol–water partition coefficient (Wildman–Crippen LogP) is 5.14. The molecule has 112 valence electrons. The topological polar surface area (TPSA) is 35.2 Å². The van der Waals surface area contributed by atoms with Gasteiger partial charge in [0.05, 0.1) is 4.47 Å². The van der Waals surface area contributed by atoms with Gasteiger partial charge in [-0.05, 0) is 71.9 Å². The third-order valence-corrected chi connectivity index (χ3v) is 4.19. The normalized spacial score (nSPS) is 12.2. The Morgan fingerprint density at radius 2 is 1.81 bits per heavy atom. The van der Waals surface area contributed by atoms with Gasteiger partial charge in [0.25, 0.3) is 0 Å². The van der Waals surface area contributed by atoms with Crippen molar-refractivity contribution in [1.82, 2.24) is 0 Å².